The minimum Gasteiger partial charge on any atom is -0.320 e. The fourth-order valence-corrected chi connectivity index (χ4v) is 3.18. The summed E-state index contributed by atoms with van der Waals surface area (Å²) in [6, 6.07) is 14.0. The quantitative estimate of drug-likeness (QED) is 0.588. The normalized spacial score (nSPS) is 11.4. The van der Waals surface area contributed by atoms with Crippen molar-refractivity contribution >= 4 is 68.8 Å². The van der Waals surface area contributed by atoms with Gasteiger partial charge in [0.2, 0.25) is 5.01 Å². The van der Waals surface area contributed by atoms with E-state index in [-0.39, 0.29) is 10.9 Å². The van der Waals surface area contributed by atoms with Crippen LogP contribution in [0.25, 0.3) is 11.1 Å². The first-order valence-corrected chi connectivity index (χ1v) is 9.00. The summed E-state index contributed by atoms with van der Waals surface area (Å²) in [5, 5.41) is 12.8. The summed E-state index contributed by atoms with van der Waals surface area (Å²) in [5.41, 5.74) is 1.45. The number of anilines is 1. The predicted molar refractivity (Wildman–Crippen MR) is 104 cm³/mol. The Kier molecular flexibility index (Phi) is 5.71. The van der Waals surface area contributed by atoms with Crippen molar-refractivity contribution in [2.24, 2.45) is 0 Å². The fourth-order valence-electron chi connectivity index (χ4n) is 1.93. The average molecular weight is 411 g/mol. The zero-order chi connectivity index (χ0) is 17.8. The Hall–Kier alpha value is -1.92. The Morgan fingerprint density at radius 3 is 2.44 bits per heavy atom. The van der Waals surface area contributed by atoms with Gasteiger partial charge in [-0.1, -0.05) is 58.3 Å². The van der Waals surface area contributed by atoms with E-state index in [1.807, 2.05) is 12.1 Å². The number of nitrogens with zero attached hydrogens (tertiary/aromatic N) is 2. The number of hydrogen-bond acceptors (Lipinski definition) is 4. The van der Waals surface area contributed by atoms with Crippen LogP contribution in [0.3, 0.4) is 0 Å². The zero-order valence-electron chi connectivity index (χ0n) is 12.5. The summed E-state index contributed by atoms with van der Waals surface area (Å²) in [6.07, 6.45) is 1.72. The molecule has 0 unspecified atom stereocenters. The predicted octanol–water partition coefficient (Wildman–Crippen LogP) is 5.83. The van der Waals surface area contributed by atoms with Crippen molar-refractivity contribution in [3.63, 3.8) is 0 Å². The van der Waals surface area contributed by atoms with E-state index in [2.05, 4.69) is 15.5 Å². The molecule has 0 bridgehead atoms. The van der Waals surface area contributed by atoms with E-state index < -0.39 is 0 Å². The molecule has 3 aromatic rings. The molecule has 0 atom stereocenters. The Morgan fingerprint density at radius 2 is 1.72 bits per heavy atom. The Bertz CT molecular complexity index is 938. The van der Waals surface area contributed by atoms with Crippen LogP contribution < -0.4 is 5.32 Å². The van der Waals surface area contributed by atoms with Crippen molar-refractivity contribution in [2.45, 2.75) is 0 Å². The number of halogens is 3. The number of benzene rings is 2. The van der Waals surface area contributed by atoms with Gasteiger partial charge < -0.3 is 5.32 Å². The van der Waals surface area contributed by atoms with Crippen molar-refractivity contribution in [2.75, 3.05) is 5.32 Å². The summed E-state index contributed by atoms with van der Waals surface area (Å²) in [4.78, 5) is 12.2. The van der Waals surface area contributed by atoms with Gasteiger partial charge in [0.25, 0.3) is 5.91 Å². The van der Waals surface area contributed by atoms with Gasteiger partial charge in [-0.2, -0.15) is 0 Å². The molecule has 4 nitrogen and oxygen atoms in total. The van der Waals surface area contributed by atoms with E-state index in [4.69, 9.17) is 34.8 Å². The molecule has 1 amide bonds. The second-order valence-electron chi connectivity index (χ2n) is 4.92. The molecule has 0 saturated carbocycles. The molecule has 0 aliphatic carbocycles. The maximum absolute atomic E-state index is 12.2. The molecule has 1 aromatic heterocycles. The first kappa shape index (κ1) is 17.9. The number of nitrogens with one attached hydrogen (secondary N) is 1. The van der Waals surface area contributed by atoms with Gasteiger partial charge in [0.15, 0.2) is 5.01 Å². The molecular formula is C17H10Cl3N3OS. The maximum atomic E-state index is 12.2. The number of hydrogen-bond donors (Lipinski definition) is 1. The van der Waals surface area contributed by atoms with Crippen molar-refractivity contribution < 1.29 is 4.79 Å². The SMILES string of the molecule is O=C(Nc1ccc(Cl)cc1)c1nnc(C(Cl)=Cc2cccc(Cl)c2)s1. The van der Waals surface area contributed by atoms with Crippen LogP contribution in [0, 0.1) is 0 Å². The Morgan fingerprint density at radius 1 is 1.00 bits per heavy atom. The lowest BCUT2D eigenvalue weighted by molar-refractivity contribution is 0.102. The number of carbonyl (C=O) groups is 1. The van der Waals surface area contributed by atoms with Crippen molar-refractivity contribution in [3.8, 4) is 0 Å². The molecule has 0 fully saturated rings. The highest BCUT2D eigenvalue weighted by atomic mass is 35.5. The Balaban J connectivity index is 1.75. The second kappa shape index (κ2) is 7.97. The molecule has 0 saturated heterocycles. The van der Waals surface area contributed by atoms with Crippen LogP contribution in [0.1, 0.15) is 20.4 Å². The largest absolute Gasteiger partial charge is 0.320 e. The minimum absolute atomic E-state index is 0.211. The fraction of sp³-hybridized carbons (Fsp3) is 0. The highest BCUT2D eigenvalue weighted by molar-refractivity contribution is 7.15. The molecule has 0 aliphatic rings. The molecule has 25 heavy (non-hydrogen) atoms. The van der Waals surface area contributed by atoms with Crippen LogP contribution in [-0.4, -0.2) is 16.1 Å². The van der Waals surface area contributed by atoms with Crippen molar-refractivity contribution in [3.05, 3.63) is 74.2 Å². The summed E-state index contributed by atoms with van der Waals surface area (Å²) in [5.74, 6) is -0.363. The van der Waals surface area contributed by atoms with E-state index in [0.29, 0.717) is 25.8 Å². The first-order valence-electron chi connectivity index (χ1n) is 7.05. The average Bonchev–Trinajstić information content (AvgIpc) is 3.07. The van der Waals surface area contributed by atoms with E-state index >= 15 is 0 Å². The Labute approximate surface area is 163 Å². The molecular weight excluding hydrogens is 401 g/mol. The third-order valence-electron chi connectivity index (χ3n) is 3.07. The lowest BCUT2D eigenvalue weighted by Crippen LogP contribution is -2.11. The van der Waals surface area contributed by atoms with E-state index in [0.717, 1.165) is 16.9 Å². The molecule has 126 valence electrons. The molecule has 3 rings (SSSR count). The van der Waals surface area contributed by atoms with Crippen molar-refractivity contribution in [1.82, 2.24) is 10.2 Å². The highest BCUT2D eigenvalue weighted by Crippen LogP contribution is 2.26. The smallest absolute Gasteiger partial charge is 0.286 e. The van der Waals surface area contributed by atoms with Crippen LogP contribution in [0.2, 0.25) is 10.0 Å². The summed E-state index contributed by atoms with van der Waals surface area (Å²) >= 11 is 19.1. The lowest BCUT2D eigenvalue weighted by Gasteiger charge is -2.01. The minimum atomic E-state index is -0.363. The van der Waals surface area contributed by atoms with E-state index in [1.165, 1.54) is 0 Å². The van der Waals surface area contributed by atoms with Crippen molar-refractivity contribution in [1.29, 1.82) is 0 Å². The van der Waals surface area contributed by atoms with E-state index in [9.17, 15) is 4.79 Å². The third-order valence-corrected chi connectivity index (χ3v) is 4.91. The summed E-state index contributed by atoms with van der Waals surface area (Å²) in [7, 11) is 0. The summed E-state index contributed by atoms with van der Waals surface area (Å²) < 4.78 is 0. The van der Waals surface area contributed by atoms with E-state index in [1.54, 1.807) is 42.5 Å². The van der Waals surface area contributed by atoms with Crippen LogP contribution >= 0.6 is 46.1 Å². The van der Waals surface area contributed by atoms with Gasteiger partial charge in [-0.25, -0.2) is 0 Å². The van der Waals surface area contributed by atoms with Gasteiger partial charge >= 0.3 is 0 Å². The number of rotatable bonds is 4. The standard InChI is InChI=1S/C17H10Cl3N3OS/c18-11-4-6-13(7-5-11)21-15(24)17-23-22-16(25-17)14(20)9-10-2-1-3-12(19)8-10/h1-9H,(H,21,24). The molecule has 0 aliphatic heterocycles. The van der Waals surface area contributed by atoms with Gasteiger partial charge in [0.1, 0.15) is 0 Å². The maximum Gasteiger partial charge on any atom is 0.286 e. The molecule has 0 spiro atoms. The van der Waals surface area contributed by atoms with Crippen LogP contribution in [0.4, 0.5) is 5.69 Å². The monoisotopic (exact) mass is 409 g/mol. The van der Waals surface area contributed by atoms with Gasteiger partial charge in [-0.15, -0.1) is 10.2 Å². The zero-order valence-corrected chi connectivity index (χ0v) is 15.6. The van der Waals surface area contributed by atoms with Gasteiger partial charge in [-0.05, 0) is 48.0 Å². The lowest BCUT2D eigenvalue weighted by atomic mass is 10.2. The third kappa shape index (κ3) is 4.80. The number of amides is 1. The van der Waals surface area contributed by atoms with Gasteiger partial charge in [0.05, 0.1) is 5.03 Å². The molecule has 1 N–H and O–H groups in total. The molecule has 0 radical (unpaired) electrons. The first-order chi connectivity index (χ1) is 12.0. The number of carbonyl (C=O) groups excluding carboxylic acids is 1. The second-order valence-corrected chi connectivity index (χ2v) is 7.18. The van der Waals surface area contributed by atoms with Gasteiger partial charge in [-0.3, -0.25) is 4.79 Å². The summed E-state index contributed by atoms with van der Waals surface area (Å²) in [6.45, 7) is 0. The van der Waals surface area contributed by atoms with Crippen LogP contribution in [0.5, 0.6) is 0 Å². The topological polar surface area (TPSA) is 54.9 Å². The highest BCUT2D eigenvalue weighted by Gasteiger charge is 2.15. The molecule has 2 aromatic carbocycles. The van der Waals surface area contributed by atoms with Crippen LogP contribution in [-0.2, 0) is 0 Å². The molecule has 1 heterocycles. The van der Waals surface area contributed by atoms with Crippen LogP contribution in [0.15, 0.2) is 48.5 Å². The van der Waals surface area contributed by atoms with Gasteiger partial charge in [0, 0.05) is 15.7 Å². The number of aromatic nitrogens is 2. The molecule has 8 heteroatoms.